The minimum atomic E-state index is -4.60. The van der Waals surface area contributed by atoms with E-state index in [2.05, 4.69) is 15.0 Å². The van der Waals surface area contributed by atoms with Gasteiger partial charge in [-0.05, 0) is 31.4 Å². The molecule has 1 atom stereocenters. The first-order chi connectivity index (χ1) is 14.4. The Morgan fingerprint density at radius 3 is 2.52 bits per heavy atom. The molecular formula is C19H17F3N4O4S. The van der Waals surface area contributed by atoms with Gasteiger partial charge in [-0.25, -0.2) is 15.0 Å². The van der Waals surface area contributed by atoms with Gasteiger partial charge in [-0.1, -0.05) is 4.21 Å². The predicted octanol–water partition coefficient (Wildman–Crippen LogP) is 2.18. The molecule has 1 unspecified atom stereocenters. The molecule has 3 aromatic rings. The number of aromatic nitrogens is 4. The Morgan fingerprint density at radius 2 is 1.97 bits per heavy atom. The standard InChI is InChI=1S/C19H17F3N4O4S/c1-3-31(29,30)13-7-10(18(4-5-18)17(27)28)8-23-14(13)16-25-12-6-11(19(20,21)22)9-24-15(12)26(16)2/h6-9H,3-5H2,1-2H3,(H-,27,28,29,30). The monoisotopic (exact) mass is 454 g/mol. The lowest BCUT2D eigenvalue weighted by molar-refractivity contribution is -0.309. The van der Waals surface area contributed by atoms with Gasteiger partial charge < -0.3 is 14.5 Å². The molecule has 1 saturated carbocycles. The number of carbonyl (C=O) groups is 1. The van der Waals surface area contributed by atoms with Crippen LogP contribution in [0.5, 0.6) is 0 Å². The van der Waals surface area contributed by atoms with Crippen molar-refractivity contribution in [1.82, 2.24) is 19.5 Å². The molecule has 1 N–H and O–H groups in total. The van der Waals surface area contributed by atoms with Gasteiger partial charge in [0.15, 0.2) is 17.2 Å². The Labute approximate surface area is 175 Å². The van der Waals surface area contributed by atoms with E-state index < -0.39 is 33.3 Å². The number of rotatable bonds is 5. The lowest BCUT2D eigenvalue weighted by atomic mass is 9.98. The Bertz CT molecular complexity index is 1270. The molecule has 0 bridgehead atoms. The number of aliphatic carboxylic acids is 1. The van der Waals surface area contributed by atoms with Crippen molar-refractivity contribution in [3.8, 4) is 11.5 Å². The van der Waals surface area contributed by atoms with Gasteiger partial charge >= 0.3 is 6.18 Å². The smallest absolute Gasteiger partial charge is 0.417 e. The van der Waals surface area contributed by atoms with Crippen molar-refractivity contribution in [1.29, 1.82) is 0 Å². The third-order valence-corrected chi connectivity index (χ3v) is 7.31. The number of alkyl halides is 3. The van der Waals surface area contributed by atoms with Crippen LogP contribution in [0, 0.1) is 0 Å². The van der Waals surface area contributed by atoms with E-state index in [1.807, 2.05) is 0 Å². The molecule has 12 heteroatoms. The first kappa shape index (κ1) is 21.4. The summed E-state index contributed by atoms with van der Waals surface area (Å²) in [5.74, 6) is -1.43. The average Bonchev–Trinajstić information content (AvgIpc) is 3.46. The normalized spacial score (nSPS) is 17.5. The van der Waals surface area contributed by atoms with E-state index in [0.717, 1.165) is 6.07 Å². The largest absolute Gasteiger partial charge is 0.549 e. The van der Waals surface area contributed by atoms with Gasteiger partial charge in [0.1, 0.15) is 11.3 Å². The summed E-state index contributed by atoms with van der Waals surface area (Å²) in [5.41, 5.74) is -1.93. The van der Waals surface area contributed by atoms with E-state index >= 15 is 0 Å². The first-order valence-corrected chi connectivity index (χ1v) is 11.0. The summed E-state index contributed by atoms with van der Waals surface area (Å²) in [5, 5.41) is 11.6. The number of hydrogen-bond acceptors (Lipinski definition) is 6. The van der Waals surface area contributed by atoms with Crippen molar-refractivity contribution in [3.63, 3.8) is 0 Å². The number of halogens is 3. The number of carbonyl (C=O) groups excluding carboxylic acids is 1. The summed E-state index contributed by atoms with van der Waals surface area (Å²) in [7, 11) is -2.12. The number of carboxylic acid groups (broad SMARTS) is 1. The summed E-state index contributed by atoms with van der Waals surface area (Å²) in [4.78, 5) is 23.7. The molecule has 1 aliphatic rings. The lowest BCUT2D eigenvalue weighted by Crippen LogP contribution is -2.36. The van der Waals surface area contributed by atoms with Gasteiger partial charge in [0.25, 0.3) is 0 Å². The molecule has 0 saturated heterocycles. The predicted molar refractivity (Wildman–Crippen MR) is 102 cm³/mol. The molecule has 3 heterocycles. The minimum absolute atomic E-state index is 0.0266. The maximum absolute atomic E-state index is 13.0. The molecule has 0 radical (unpaired) electrons. The first-order valence-electron chi connectivity index (χ1n) is 9.27. The van der Waals surface area contributed by atoms with Gasteiger partial charge in [-0.15, -0.1) is 0 Å². The van der Waals surface area contributed by atoms with E-state index in [-0.39, 0.29) is 38.9 Å². The molecule has 0 aromatic carbocycles. The van der Waals surface area contributed by atoms with E-state index in [9.17, 15) is 31.8 Å². The fourth-order valence-electron chi connectivity index (χ4n) is 3.45. The number of pyridine rings is 2. The maximum Gasteiger partial charge on any atom is 0.417 e. The third kappa shape index (κ3) is 3.39. The molecule has 3 aromatic heterocycles. The molecule has 164 valence electrons. The second kappa shape index (κ2) is 6.82. The zero-order valence-electron chi connectivity index (χ0n) is 16.4. The molecule has 8 nitrogen and oxygen atoms in total. The Hall–Kier alpha value is -2.86. The highest BCUT2D eigenvalue weighted by Gasteiger charge is 2.48. The summed E-state index contributed by atoms with van der Waals surface area (Å²) in [6, 6.07) is 2.15. The zero-order chi connectivity index (χ0) is 22.8. The van der Waals surface area contributed by atoms with E-state index in [1.54, 1.807) is 0 Å². The fourth-order valence-corrected chi connectivity index (χ4v) is 4.52. The average molecular weight is 454 g/mol. The maximum atomic E-state index is 13.0. The van der Waals surface area contributed by atoms with Crippen LogP contribution in [0.4, 0.5) is 13.2 Å². The number of aryl methyl sites for hydroxylation is 1. The van der Waals surface area contributed by atoms with Gasteiger partial charge in [0.05, 0.1) is 11.5 Å². The van der Waals surface area contributed by atoms with Crippen molar-refractivity contribution in [2.75, 3.05) is 5.75 Å². The van der Waals surface area contributed by atoms with Crippen molar-refractivity contribution in [2.45, 2.75) is 36.3 Å². The van der Waals surface area contributed by atoms with Crippen molar-refractivity contribution < 1.29 is 31.8 Å². The van der Waals surface area contributed by atoms with Gasteiger partial charge in [0, 0.05) is 30.9 Å². The van der Waals surface area contributed by atoms with Gasteiger partial charge in [-0.3, -0.25) is 0 Å². The lowest BCUT2D eigenvalue weighted by Gasteiger charge is -2.18. The molecule has 1 fully saturated rings. The Morgan fingerprint density at radius 1 is 1.29 bits per heavy atom. The van der Waals surface area contributed by atoms with Crippen LogP contribution < -0.4 is 5.11 Å². The quantitative estimate of drug-likeness (QED) is 0.587. The summed E-state index contributed by atoms with van der Waals surface area (Å²) in [6.45, 7) is 1.48. The van der Waals surface area contributed by atoms with E-state index in [4.69, 9.17) is 0 Å². The van der Waals surface area contributed by atoms with Crippen LogP contribution in [0.1, 0.15) is 30.9 Å². The molecule has 1 aliphatic carbocycles. The highest BCUT2D eigenvalue weighted by molar-refractivity contribution is 7.97. The molecule has 0 aliphatic heterocycles. The van der Waals surface area contributed by atoms with Gasteiger partial charge in [-0.2, -0.15) is 17.7 Å². The number of carboxylic acids is 1. The second-order valence-corrected chi connectivity index (χ2v) is 9.73. The second-order valence-electron chi connectivity index (χ2n) is 7.43. The van der Waals surface area contributed by atoms with Crippen LogP contribution in [-0.2, 0) is 37.9 Å². The number of fused-ring (bicyclic) bond motifs is 1. The van der Waals surface area contributed by atoms with Crippen LogP contribution >= 0.6 is 0 Å². The number of imidazole rings is 1. The third-order valence-electron chi connectivity index (χ3n) is 5.53. The summed E-state index contributed by atoms with van der Waals surface area (Å²) in [6.07, 6.45) is -1.99. The number of nitrogens with zero attached hydrogens (tertiary/aromatic N) is 4. The molecule has 0 spiro atoms. The summed E-state index contributed by atoms with van der Waals surface area (Å²) < 4.78 is 63.9. The zero-order valence-corrected chi connectivity index (χ0v) is 17.3. The Balaban J connectivity index is 1.93. The SMILES string of the molecule is CC[S+](=O)(O)c1cc(C2(C(=O)[O-])CC2)cnc1-c1nc2cc(C(F)(F)F)cnc2n1C. The van der Waals surface area contributed by atoms with Gasteiger partial charge in [0.2, 0.25) is 15.1 Å². The Kier molecular flexibility index (Phi) is 4.70. The highest BCUT2D eigenvalue weighted by atomic mass is 32.3. The van der Waals surface area contributed by atoms with Crippen molar-refractivity contribution >= 4 is 27.3 Å². The van der Waals surface area contributed by atoms with Crippen LogP contribution in [-0.4, -0.2) is 35.8 Å². The van der Waals surface area contributed by atoms with Crippen LogP contribution in [0.15, 0.2) is 29.4 Å². The van der Waals surface area contributed by atoms with E-state index in [1.165, 1.54) is 30.8 Å². The van der Waals surface area contributed by atoms with Crippen molar-refractivity contribution in [2.24, 2.45) is 7.05 Å². The van der Waals surface area contributed by atoms with Crippen LogP contribution in [0.2, 0.25) is 0 Å². The van der Waals surface area contributed by atoms with Crippen LogP contribution in [0.25, 0.3) is 22.7 Å². The van der Waals surface area contributed by atoms with Crippen LogP contribution in [0.3, 0.4) is 0 Å². The molecule has 4 rings (SSSR count). The highest BCUT2D eigenvalue weighted by Crippen LogP contribution is 2.48. The topological polar surface area (TPSA) is 121 Å². The van der Waals surface area contributed by atoms with E-state index in [0.29, 0.717) is 19.0 Å². The fraction of sp³-hybridized carbons (Fsp3) is 0.368. The molecule has 0 amide bonds. The molecule has 31 heavy (non-hydrogen) atoms. The van der Waals surface area contributed by atoms with Crippen molar-refractivity contribution in [3.05, 3.63) is 35.7 Å². The number of hydrogen-bond donors (Lipinski definition) is 1. The minimum Gasteiger partial charge on any atom is -0.549 e. The summed E-state index contributed by atoms with van der Waals surface area (Å²) >= 11 is 0. The molecular weight excluding hydrogens is 437 g/mol.